The zero-order valence-electron chi connectivity index (χ0n) is 13.4. The number of nitrogen functional groups attached to an aromatic ring is 1. The SMILES string of the molecule is Nc1ncnc2c1ncn2[C@]1(Cc2ccsc2Cl)O[C@H](CO)[C@@H](O)[C@H]1O. The minimum atomic E-state index is -1.47. The van der Waals surface area contributed by atoms with Gasteiger partial charge in [-0.2, -0.15) is 0 Å². The van der Waals surface area contributed by atoms with Gasteiger partial charge in [0.05, 0.1) is 17.3 Å². The molecule has 4 atom stereocenters. The number of hydrogen-bond donors (Lipinski definition) is 4. The van der Waals surface area contributed by atoms with E-state index in [0.29, 0.717) is 15.5 Å². The fourth-order valence-electron chi connectivity index (χ4n) is 3.30. The number of aliphatic hydroxyl groups excluding tert-OH is 3. The Kier molecular flexibility index (Phi) is 4.34. The first-order chi connectivity index (χ1) is 12.5. The average Bonchev–Trinajstić information content (AvgIpc) is 3.30. The zero-order chi connectivity index (χ0) is 18.5. The summed E-state index contributed by atoms with van der Waals surface area (Å²) in [5.74, 6) is 0.184. The summed E-state index contributed by atoms with van der Waals surface area (Å²) in [6.07, 6.45) is -0.787. The van der Waals surface area contributed by atoms with Gasteiger partial charge in [-0.1, -0.05) is 11.6 Å². The highest BCUT2D eigenvalue weighted by Crippen LogP contribution is 2.42. The number of ether oxygens (including phenoxy) is 1. The van der Waals surface area contributed by atoms with Crippen molar-refractivity contribution in [3.05, 3.63) is 34.0 Å². The average molecular weight is 398 g/mol. The molecule has 0 radical (unpaired) electrons. The summed E-state index contributed by atoms with van der Waals surface area (Å²) < 4.78 is 8.02. The number of fused-ring (bicyclic) bond motifs is 1. The minimum absolute atomic E-state index is 0.138. The van der Waals surface area contributed by atoms with E-state index < -0.39 is 30.6 Å². The highest BCUT2D eigenvalue weighted by Gasteiger charge is 2.56. The number of hydrogen-bond acceptors (Lipinski definition) is 9. The van der Waals surface area contributed by atoms with E-state index in [2.05, 4.69) is 15.0 Å². The number of halogens is 1. The molecule has 0 spiro atoms. The second-order valence-corrected chi connectivity index (χ2v) is 7.58. The summed E-state index contributed by atoms with van der Waals surface area (Å²) in [5, 5.41) is 32.6. The normalized spacial score (nSPS) is 28.8. The molecule has 4 heterocycles. The van der Waals surface area contributed by atoms with Gasteiger partial charge in [0.25, 0.3) is 0 Å². The van der Waals surface area contributed by atoms with Gasteiger partial charge in [0.2, 0.25) is 0 Å². The standard InChI is InChI=1S/C15H16ClN5O4S/c16-12-7(1-2-26-12)3-15(11(24)10(23)8(4-22)25-15)21-6-20-9-13(17)18-5-19-14(9)21/h1-2,5-6,8,10-11,22-24H,3-4H2,(H2,17,18,19)/t8-,10-,11-,15-/m1/s1. The number of rotatable bonds is 4. The van der Waals surface area contributed by atoms with Gasteiger partial charge >= 0.3 is 0 Å². The molecule has 0 aromatic carbocycles. The van der Waals surface area contributed by atoms with Crippen LogP contribution in [-0.4, -0.2) is 59.8 Å². The third-order valence-corrected chi connectivity index (χ3v) is 5.86. The molecule has 9 nitrogen and oxygen atoms in total. The van der Waals surface area contributed by atoms with Gasteiger partial charge in [-0.15, -0.1) is 11.3 Å². The third-order valence-electron chi connectivity index (χ3n) is 4.61. The molecule has 1 aliphatic rings. The monoisotopic (exact) mass is 397 g/mol. The first-order valence-corrected chi connectivity index (χ1v) is 9.04. The van der Waals surface area contributed by atoms with Crippen LogP contribution in [-0.2, 0) is 16.9 Å². The van der Waals surface area contributed by atoms with Crippen molar-refractivity contribution in [2.24, 2.45) is 0 Å². The van der Waals surface area contributed by atoms with E-state index in [1.165, 1.54) is 28.6 Å². The predicted molar refractivity (Wildman–Crippen MR) is 94.7 cm³/mol. The fourth-order valence-corrected chi connectivity index (χ4v) is 4.22. The van der Waals surface area contributed by atoms with Crippen LogP contribution in [0, 0.1) is 0 Å². The summed E-state index contributed by atoms with van der Waals surface area (Å²) in [5.41, 5.74) is 5.80. The molecule has 3 aromatic heterocycles. The smallest absolute Gasteiger partial charge is 0.180 e. The van der Waals surface area contributed by atoms with Gasteiger partial charge in [0, 0.05) is 6.42 Å². The van der Waals surface area contributed by atoms with Gasteiger partial charge in [0.15, 0.2) is 17.2 Å². The number of aromatic nitrogens is 4. The van der Waals surface area contributed by atoms with E-state index >= 15 is 0 Å². The molecule has 0 saturated carbocycles. The molecule has 0 bridgehead atoms. The van der Waals surface area contributed by atoms with Crippen LogP contribution in [0.25, 0.3) is 11.2 Å². The molecule has 0 unspecified atom stereocenters. The quantitative estimate of drug-likeness (QED) is 0.487. The summed E-state index contributed by atoms with van der Waals surface area (Å²) >= 11 is 7.58. The first kappa shape index (κ1) is 17.6. The van der Waals surface area contributed by atoms with E-state index in [0.717, 1.165) is 5.56 Å². The summed E-state index contributed by atoms with van der Waals surface area (Å²) in [6.45, 7) is -0.457. The molecule has 138 valence electrons. The molecule has 3 aromatic rings. The minimum Gasteiger partial charge on any atom is -0.394 e. The Bertz CT molecular complexity index is 949. The molecule has 0 amide bonds. The van der Waals surface area contributed by atoms with Gasteiger partial charge in [0.1, 0.15) is 30.2 Å². The highest BCUT2D eigenvalue weighted by atomic mass is 35.5. The molecule has 26 heavy (non-hydrogen) atoms. The third kappa shape index (κ3) is 2.49. The van der Waals surface area contributed by atoms with Crippen LogP contribution >= 0.6 is 22.9 Å². The maximum Gasteiger partial charge on any atom is 0.180 e. The van der Waals surface area contributed by atoms with Crippen LogP contribution in [0.4, 0.5) is 5.82 Å². The highest BCUT2D eigenvalue weighted by molar-refractivity contribution is 7.14. The molecule has 0 aliphatic carbocycles. The van der Waals surface area contributed by atoms with Crippen molar-refractivity contribution in [2.45, 2.75) is 30.5 Å². The molecule has 4 rings (SSSR count). The van der Waals surface area contributed by atoms with E-state index in [9.17, 15) is 15.3 Å². The number of thiophene rings is 1. The first-order valence-electron chi connectivity index (χ1n) is 7.78. The van der Waals surface area contributed by atoms with Crippen LogP contribution < -0.4 is 5.73 Å². The van der Waals surface area contributed by atoms with Crippen molar-refractivity contribution in [1.29, 1.82) is 0 Å². The van der Waals surface area contributed by atoms with Crippen LogP contribution in [0.5, 0.6) is 0 Å². The maximum absolute atomic E-state index is 10.9. The Morgan fingerprint density at radius 2 is 2.15 bits per heavy atom. The number of anilines is 1. The number of aliphatic hydroxyl groups is 3. The number of nitrogens with zero attached hydrogens (tertiary/aromatic N) is 4. The van der Waals surface area contributed by atoms with E-state index in [-0.39, 0.29) is 12.2 Å². The van der Waals surface area contributed by atoms with Gasteiger partial charge < -0.3 is 25.8 Å². The Labute approximate surface area is 156 Å². The second kappa shape index (κ2) is 6.41. The molecular weight excluding hydrogens is 382 g/mol. The lowest BCUT2D eigenvalue weighted by Crippen LogP contribution is -2.47. The molecule has 11 heteroatoms. The lowest BCUT2D eigenvalue weighted by molar-refractivity contribution is -0.145. The Balaban J connectivity index is 1.91. The maximum atomic E-state index is 10.9. The Hall–Kier alpha value is -1.82. The molecular formula is C15H16ClN5O4S. The van der Waals surface area contributed by atoms with E-state index in [1.807, 2.05) is 11.4 Å². The Morgan fingerprint density at radius 3 is 2.81 bits per heavy atom. The van der Waals surface area contributed by atoms with E-state index in [1.54, 1.807) is 0 Å². The van der Waals surface area contributed by atoms with Crippen LogP contribution in [0.2, 0.25) is 4.34 Å². The van der Waals surface area contributed by atoms with Gasteiger partial charge in [-0.05, 0) is 17.0 Å². The van der Waals surface area contributed by atoms with Crippen molar-refractivity contribution in [1.82, 2.24) is 19.5 Å². The summed E-state index contributed by atoms with van der Waals surface area (Å²) in [7, 11) is 0. The van der Waals surface area contributed by atoms with Gasteiger partial charge in [-0.25, -0.2) is 15.0 Å². The topological polar surface area (TPSA) is 140 Å². The fraction of sp³-hybridized carbons (Fsp3) is 0.400. The molecule has 1 aliphatic heterocycles. The van der Waals surface area contributed by atoms with Crippen molar-refractivity contribution >= 4 is 39.9 Å². The lowest BCUT2D eigenvalue weighted by Gasteiger charge is -2.33. The zero-order valence-corrected chi connectivity index (χ0v) is 14.9. The van der Waals surface area contributed by atoms with Crippen molar-refractivity contribution in [3.63, 3.8) is 0 Å². The van der Waals surface area contributed by atoms with E-state index in [4.69, 9.17) is 22.1 Å². The van der Waals surface area contributed by atoms with Crippen molar-refractivity contribution in [2.75, 3.05) is 12.3 Å². The summed E-state index contributed by atoms with van der Waals surface area (Å²) in [4.78, 5) is 12.3. The van der Waals surface area contributed by atoms with Crippen molar-refractivity contribution < 1.29 is 20.1 Å². The predicted octanol–water partition coefficient (Wildman–Crippen LogP) is 0.132. The molecule has 5 N–H and O–H groups in total. The molecule has 1 saturated heterocycles. The van der Waals surface area contributed by atoms with Gasteiger partial charge in [-0.3, -0.25) is 4.57 Å². The van der Waals surface area contributed by atoms with Crippen LogP contribution in [0.1, 0.15) is 5.56 Å². The summed E-state index contributed by atoms with van der Waals surface area (Å²) in [6, 6.07) is 1.81. The second-order valence-electron chi connectivity index (χ2n) is 6.06. The van der Waals surface area contributed by atoms with Crippen LogP contribution in [0.3, 0.4) is 0 Å². The number of imidazole rings is 1. The lowest BCUT2D eigenvalue weighted by atomic mass is 9.96. The number of nitrogens with two attached hydrogens (primary N) is 1. The molecule has 1 fully saturated rings. The van der Waals surface area contributed by atoms with Crippen LogP contribution in [0.15, 0.2) is 24.1 Å². The van der Waals surface area contributed by atoms with Crippen molar-refractivity contribution in [3.8, 4) is 0 Å². The Morgan fingerprint density at radius 1 is 1.35 bits per heavy atom. The largest absolute Gasteiger partial charge is 0.394 e.